The van der Waals surface area contributed by atoms with Crippen LogP contribution < -0.4 is 4.72 Å². The molecule has 0 aliphatic heterocycles. The summed E-state index contributed by atoms with van der Waals surface area (Å²) in [6, 6.07) is 10.7. The van der Waals surface area contributed by atoms with E-state index in [1.165, 1.54) is 11.3 Å². The largest absolute Gasteiger partial charge is 0.396 e. The van der Waals surface area contributed by atoms with E-state index < -0.39 is 10.0 Å². The number of benzene rings is 1. The van der Waals surface area contributed by atoms with Crippen LogP contribution in [-0.2, 0) is 22.9 Å². The van der Waals surface area contributed by atoms with Gasteiger partial charge in [-0.15, -0.1) is 11.3 Å². The molecule has 0 saturated heterocycles. The molecule has 0 unspecified atom stereocenters. The molecule has 0 saturated carbocycles. The molecule has 0 spiro atoms. The Kier molecular flexibility index (Phi) is 4.80. The monoisotopic (exact) mass is 311 g/mol. The number of nitrogens with one attached hydrogen (secondary N) is 1. The summed E-state index contributed by atoms with van der Waals surface area (Å²) in [5.74, 6) is 0. The number of sulfonamides is 1. The van der Waals surface area contributed by atoms with Crippen molar-refractivity contribution in [2.45, 2.75) is 24.0 Å². The molecule has 0 aliphatic carbocycles. The number of aliphatic hydroxyl groups is 1. The molecule has 1 aromatic carbocycles. The molecule has 6 heteroatoms. The molecule has 1 heterocycles. The van der Waals surface area contributed by atoms with Crippen molar-refractivity contribution in [2.75, 3.05) is 11.3 Å². The molecule has 0 aliphatic rings. The molecule has 0 bridgehead atoms. The maximum Gasteiger partial charge on any atom is 0.271 e. The van der Waals surface area contributed by atoms with Crippen molar-refractivity contribution in [1.82, 2.24) is 0 Å². The first-order chi connectivity index (χ1) is 9.55. The molecule has 20 heavy (non-hydrogen) atoms. The minimum absolute atomic E-state index is 0.0198. The number of hydrogen-bond acceptors (Lipinski definition) is 4. The maximum atomic E-state index is 12.3. The van der Waals surface area contributed by atoms with Crippen LogP contribution in [0.3, 0.4) is 0 Å². The van der Waals surface area contributed by atoms with E-state index in [2.05, 4.69) is 4.72 Å². The zero-order chi connectivity index (χ0) is 14.6. The average molecular weight is 311 g/mol. The zero-order valence-electron chi connectivity index (χ0n) is 11.2. The predicted octanol–water partition coefficient (Wildman–Crippen LogP) is 2.65. The van der Waals surface area contributed by atoms with Crippen LogP contribution in [0.4, 0.5) is 5.69 Å². The first kappa shape index (κ1) is 15.0. The lowest BCUT2D eigenvalue weighted by molar-refractivity contribution is 0.300. The van der Waals surface area contributed by atoms with E-state index in [9.17, 15) is 8.42 Å². The van der Waals surface area contributed by atoms with E-state index in [-0.39, 0.29) is 10.8 Å². The van der Waals surface area contributed by atoms with Gasteiger partial charge in [-0.05, 0) is 36.2 Å². The summed E-state index contributed by atoms with van der Waals surface area (Å²) in [5.41, 5.74) is 1.65. The Hall–Kier alpha value is -1.37. The van der Waals surface area contributed by atoms with E-state index in [1.807, 2.05) is 25.1 Å². The molecule has 2 N–H and O–H groups in total. The van der Waals surface area contributed by atoms with E-state index >= 15 is 0 Å². The third-order valence-electron chi connectivity index (χ3n) is 2.85. The molecule has 108 valence electrons. The average Bonchev–Trinajstić information content (AvgIpc) is 2.88. The van der Waals surface area contributed by atoms with Crippen LogP contribution in [0, 0.1) is 0 Å². The second-order valence-corrected chi connectivity index (χ2v) is 7.43. The molecule has 0 fully saturated rings. The standard InChI is InChI=1S/C14H17NO3S2/c1-2-11-4-3-5-12(10-11)15-20(17,18)14-7-6-13(19-14)8-9-16/h3-7,10,15-16H,2,8-9H2,1H3. The highest BCUT2D eigenvalue weighted by atomic mass is 32.2. The highest BCUT2D eigenvalue weighted by Gasteiger charge is 2.16. The van der Waals surface area contributed by atoms with Crippen molar-refractivity contribution in [2.24, 2.45) is 0 Å². The first-order valence-corrected chi connectivity index (χ1v) is 8.66. The van der Waals surface area contributed by atoms with Gasteiger partial charge in [0, 0.05) is 23.6 Å². The van der Waals surface area contributed by atoms with E-state index in [0.29, 0.717) is 12.1 Å². The Morgan fingerprint density at radius 1 is 1.25 bits per heavy atom. The van der Waals surface area contributed by atoms with Crippen LogP contribution in [0.25, 0.3) is 0 Å². The van der Waals surface area contributed by atoms with Gasteiger partial charge in [-0.3, -0.25) is 4.72 Å². The number of hydrogen-bond donors (Lipinski definition) is 2. The number of rotatable bonds is 6. The second-order valence-electron chi connectivity index (χ2n) is 4.35. The van der Waals surface area contributed by atoms with Gasteiger partial charge in [-0.25, -0.2) is 8.42 Å². The Morgan fingerprint density at radius 3 is 2.75 bits per heavy atom. The highest BCUT2D eigenvalue weighted by molar-refractivity contribution is 7.94. The maximum absolute atomic E-state index is 12.3. The fourth-order valence-electron chi connectivity index (χ4n) is 1.81. The SMILES string of the molecule is CCc1cccc(NS(=O)(=O)c2ccc(CCO)s2)c1. The molecule has 0 amide bonds. The van der Waals surface area contributed by atoms with Crippen molar-refractivity contribution >= 4 is 27.0 Å². The molecule has 4 nitrogen and oxygen atoms in total. The van der Waals surface area contributed by atoms with Crippen LogP contribution in [0.15, 0.2) is 40.6 Å². The molecular formula is C14H17NO3S2. The van der Waals surface area contributed by atoms with Gasteiger partial charge in [-0.1, -0.05) is 19.1 Å². The Morgan fingerprint density at radius 2 is 2.05 bits per heavy atom. The van der Waals surface area contributed by atoms with Crippen LogP contribution in [0.2, 0.25) is 0 Å². The van der Waals surface area contributed by atoms with Gasteiger partial charge in [0.2, 0.25) is 0 Å². The lowest BCUT2D eigenvalue weighted by atomic mass is 10.1. The molecule has 2 aromatic rings. The smallest absolute Gasteiger partial charge is 0.271 e. The predicted molar refractivity (Wildman–Crippen MR) is 81.7 cm³/mol. The van der Waals surface area contributed by atoms with Crippen molar-refractivity contribution in [3.8, 4) is 0 Å². The summed E-state index contributed by atoms with van der Waals surface area (Å²) >= 11 is 1.18. The van der Waals surface area contributed by atoms with Crippen molar-refractivity contribution in [1.29, 1.82) is 0 Å². The van der Waals surface area contributed by atoms with Gasteiger partial charge in [0.15, 0.2) is 0 Å². The summed E-state index contributed by atoms with van der Waals surface area (Å²) < 4.78 is 27.4. The van der Waals surface area contributed by atoms with Gasteiger partial charge in [0.05, 0.1) is 0 Å². The molecular weight excluding hydrogens is 294 g/mol. The topological polar surface area (TPSA) is 66.4 Å². The normalized spacial score (nSPS) is 11.5. The Bertz CT molecular complexity index is 677. The molecule has 0 atom stereocenters. The minimum atomic E-state index is -3.55. The summed E-state index contributed by atoms with van der Waals surface area (Å²) in [6.45, 7) is 2.04. The van der Waals surface area contributed by atoms with Gasteiger partial charge in [-0.2, -0.15) is 0 Å². The lowest BCUT2D eigenvalue weighted by Gasteiger charge is -2.07. The van der Waals surface area contributed by atoms with Crippen molar-refractivity contribution in [3.05, 3.63) is 46.8 Å². The Balaban J connectivity index is 2.21. The van der Waals surface area contributed by atoms with Crippen LogP contribution in [0.5, 0.6) is 0 Å². The van der Waals surface area contributed by atoms with Crippen molar-refractivity contribution < 1.29 is 13.5 Å². The van der Waals surface area contributed by atoms with Gasteiger partial charge < -0.3 is 5.11 Å². The third kappa shape index (κ3) is 3.59. The summed E-state index contributed by atoms with van der Waals surface area (Å²) in [5, 5.41) is 8.87. The Labute approximate surface area is 123 Å². The molecule has 1 aromatic heterocycles. The lowest BCUT2D eigenvalue weighted by Crippen LogP contribution is -2.11. The number of aliphatic hydroxyl groups excluding tert-OH is 1. The fourth-order valence-corrected chi connectivity index (χ4v) is 4.20. The summed E-state index contributed by atoms with van der Waals surface area (Å²) in [4.78, 5) is 0.857. The number of thiophene rings is 1. The van der Waals surface area contributed by atoms with Gasteiger partial charge in [0.1, 0.15) is 4.21 Å². The number of anilines is 1. The molecule has 0 radical (unpaired) electrons. The van der Waals surface area contributed by atoms with Crippen molar-refractivity contribution in [3.63, 3.8) is 0 Å². The molecule has 2 rings (SSSR count). The van der Waals surface area contributed by atoms with E-state index in [1.54, 1.807) is 18.2 Å². The van der Waals surface area contributed by atoms with E-state index in [4.69, 9.17) is 5.11 Å². The van der Waals surface area contributed by atoms with E-state index in [0.717, 1.165) is 16.9 Å². The third-order valence-corrected chi connectivity index (χ3v) is 5.87. The second kappa shape index (κ2) is 6.39. The first-order valence-electron chi connectivity index (χ1n) is 6.36. The number of aryl methyl sites for hydroxylation is 1. The highest BCUT2D eigenvalue weighted by Crippen LogP contribution is 2.24. The summed E-state index contributed by atoms with van der Waals surface area (Å²) in [6.07, 6.45) is 1.33. The fraction of sp³-hybridized carbons (Fsp3) is 0.286. The van der Waals surface area contributed by atoms with Gasteiger partial charge in [0.25, 0.3) is 10.0 Å². The minimum Gasteiger partial charge on any atom is -0.396 e. The van der Waals surface area contributed by atoms with Crippen LogP contribution >= 0.6 is 11.3 Å². The van der Waals surface area contributed by atoms with Crippen LogP contribution in [-0.4, -0.2) is 20.1 Å². The van der Waals surface area contributed by atoms with Gasteiger partial charge >= 0.3 is 0 Å². The summed E-state index contributed by atoms with van der Waals surface area (Å²) in [7, 11) is -3.55. The van der Waals surface area contributed by atoms with Crippen LogP contribution in [0.1, 0.15) is 17.4 Å². The zero-order valence-corrected chi connectivity index (χ0v) is 12.8. The quantitative estimate of drug-likeness (QED) is 0.862.